The Bertz CT molecular complexity index is 831. The van der Waals surface area contributed by atoms with Gasteiger partial charge in [-0.1, -0.05) is 6.92 Å². The van der Waals surface area contributed by atoms with Crippen LogP contribution in [0.1, 0.15) is 31.5 Å². The maximum absolute atomic E-state index is 12.7. The van der Waals surface area contributed by atoms with E-state index in [4.69, 9.17) is 5.73 Å². The maximum Gasteiger partial charge on any atom is 0.416 e. The van der Waals surface area contributed by atoms with Crippen LogP contribution in [0.4, 0.5) is 23.7 Å². The topological polar surface area (TPSA) is 93.2 Å². The van der Waals surface area contributed by atoms with Gasteiger partial charge in [0.2, 0.25) is 5.91 Å². The quantitative estimate of drug-likeness (QED) is 0.751. The first-order chi connectivity index (χ1) is 13.2. The Kier molecular flexibility index (Phi) is 6.66. The van der Waals surface area contributed by atoms with Gasteiger partial charge in [0.25, 0.3) is 0 Å². The van der Waals surface area contributed by atoms with Gasteiger partial charge in [0, 0.05) is 19.5 Å². The molecule has 0 aliphatic heterocycles. The lowest BCUT2D eigenvalue weighted by Gasteiger charge is -2.20. The van der Waals surface area contributed by atoms with Crippen molar-refractivity contribution in [2.75, 3.05) is 18.4 Å². The van der Waals surface area contributed by atoms with E-state index in [1.165, 1.54) is 27.9 Å². The molecule has 0 radical (unpaired) electrons. The SMILES string of the molecule is CCc1c(NC(=O)N(CC)CCC(N)=O)cnn1-c1ccc(C(F)(F)F)cc1. The van der Waals surface area contributed by atoms with Crippen LogP contribution in [0, 0.1) is 0 Å². The highest BCUT2D eigenvalue weighted by Gasteiger charge is 2.30. The molecule has 10 heteroatoms. The van der Waals surface area contributed by atoms with Crippen molar-refractivity contribution in [3.63, 3.8) is 0 Å². The van der Waals surface area contributed by atoms with Crippen molar-refractivity contribution in [3.8, 4) is 5.69 Å². The molecule has 2 rings (SSSR count). The lowest BCUT2D eigenvalue weighted by atomic mass is 10.2. The summed E-state index contributed by atoms with van der Waals surface area (Å²) < 4.78 is 39.7. The van der Waals surface area contributed by atoms with E-state index in [1.807, 2.05) is 6.92 Å². The number of rotatable bonds is 7. The predicted molar refractivity (Wildman–Crippen MR) is 98.0 cm³/mol. The normalized spacial score (nSPS) is 11.3. The van der Waals surface area contributed by atoms with Crippen LogP contribution in [0.25, 0.3) is 5.69 Å². The summed E-state index contributed by atoms with van der Waals surface area (Å²) in [5.74, 6) is -0.504. The van der Waals surface area contributed by atoms with E-state index in [2.05, 4.69) is 10.4 Å². The predicted octanol–water partition coefficient (Wildman–Crippen LogP) is 3.18. The molecular formula is C18H22F3N5O2. The average Bonchev–Trinajstić information content (AvgIpc) is 3.03. The Morgan fingerprint density at radius 3 is 2.36 bits per heavy atom. The minimum Gasteiger partial charge on any atom is -0.370 e. The first kappa shape index (κ1) is 21.3. The Balaban J connectivity index is 2.21. The summed E-state index contributed by atoms with van der Waals surface area (Å²) in [6.45, 7) is 4.19. The summed E-state index contributed by atoms with van der Waals surface area (Å²) in [5.41, 5.74) is 5.91. The fraction of sp³-hybridized carbons (Fsp3) is 0.389. The van der Waals surface area contributed by atoms with Crippen molar-refractivity contribution in [1.29, 1.82) is 0 Å². The lowest BCUT2D eigenvalue weighted by Crippen LogP contribution is -2.37. The molecule has 0 aliphatic carbocycles. The number of carbonyl (C=O) groups is 2. The van der Waals surface area contributed by atoms with Crippen molar-refractivity contribution in [1.82, 2.24) is 14.7 Å². The summed E-state index contributed by atoms with van der Waals surface area (Å²) in [7, 11) is 0. The van der Waals surface area contributed by atoms with Crippen LogP contribution < -0.4 is 11.1 Å². The number of alkyl halides is 3. The van der Waals surface area contributed by atoms with Gasteiger partial charge in [0.05, 0.1) is 28.8 Å². The molecule has 0 spiro atoms. The monoisotopic (exact) mass is 397 g/mol. The number of halogens is 3. The second-order valence-electron chi connectivity index (χ2n) is 6.04. The van der Waals surface area contributed by atoms with Gasteiger partial charge in [-0.25, -0.2) is 9.48 Å². The van der Waals surface area contributed by atoms with Gasteiger partial charge >= 0.3 is 12.2 Å². The largest absolute Gasteiger partial charge is 0.416 e. The standard InChI is InChI=1S/C18H22F3N5O2/c1-3-15-14(24-17(28)25(4-2)10-9-16(22)27)11-23-26(15)13-7-5-12(6-8-13)18(19,20)21/h5-8,11H,3-4,9-10H2,1-2H3,(H2,22,27)(H,24,28). The van der Waals surface area contributed by atoms with Crippen LogP contribution in [-0.4, -0.2) is 39.7 Å². The average molecular weight is 397 g/mol. The van der Waals surface area contributed by atoms with Crippen LogP contribution in [-0.2, 0) is 17.4 Å². The Morgan fingerprint density at radius 1 is 1.21 bits per heavy atom. The van der Waals surface area contributed by atoms with Crippen molar-refractivity contribution in [2.45, 2.75) is 32.9 Å². The second-order valence-corrected chi connectivity index (χ2v) is 6.04. The number of carbonyl (C=O) groups excluding carboxylic acids is 2. The Labute approximate surface area is 160 Å². The Morgan fingerprint density at radius 2 is 1.86 bits per heavy atom. The van der Waals surface area contributed by atoms with Gasteiger partial charge in [-0.3, -0.25) is 4.79 Å². The molecular weight excluding hydrogens is 375 g/mol. The maximum atomic E-state index is 12.7. The zero-order valence-corrected chi connectivity index (χ0v) is 15.6. The molecule has 152 valence electrons. The summed E-state index contributed by atoms with van der Waals surface area (Å²) in [6.07, 6.45) is -2.43. The van der Waals surface area contributed by atoms with Crippen LogP contribution in [0.5, 0.6) is 0 Å². The number of nitrogens with one attached hydrogen (secondary N) is 1. The summed E-state index contributed by atoms with van der Waals surface area (Å²) in [5, 5.41) is 6.92. The number of primary amides is 1. The number of benzene rings is 1. The number of hydrogen-bond acceptors (Lipinski definition) is 3. The van der Waals surface area contributed by atoms with Crippen LogP contribution in [0.3, 0.4) is 0 Å². The summed E-state index contributed by atoms with van der Waals surface area (Å²) in [6, 6.07) is 4.21. The van der Waals surface area contributed by atoms with E-state index in [1.54, 1.807) is 6.92 Å². The smallest absolute Gasteiger partial charge is 0.370 e. The molecule has 0 atom stereocenters. The third kappa shape index (κ3) is 5.02. The van der Waals surface area contributed by atoms with Gasteiger partial charge in [-0.2, -0.15) is 18.3 Å². The lowest BCUT2D eigenvalue weighted by molar-refractivity contribution is -0.137. The molecule has 3 N–H and O–H groups in total. The molecule has 28 heavy (non-hydrogen) atoms. The molecule has 0 saturated heterocycles. The van der Waals surface area contributed by atoms with Gasteiger partial charge in [-0.05, 0) is 37.6 Å². The second kappa shape index (κ2) is 8.77. The molecule has 3 amide bonds. The van der Waals surface area contributed by atoms with Gasteiger partial charge in [0.1, 0.15) is 0 Å². The molecule has 2 aromatic rings. The summed E-state index contributed by atoms with van der Waals surface area (Å²) >= 11 is 0. The third-order valence-electron chi connectivity index (χ3n) is 4.18. The highest BCUT2D eigenvalue weighted by Crippen LogP contribution is 2.30. The fourth-order valence-corrected chi connectivity index (χ4v) is 2.68. The number of nitrogens with two attached hydrogens (primary N) is 1. The molecule has 0 aliphatic rings. The number of nitrogens with zero attached hydrogens (tertiary/aromatic N) is 3. The highest BCUT2D eigenvalue weighted by atomic mass is 19.4. The van der Waals surface area contributed by atoms with Gasteiger partial charge < -0.3 is 16.0 Å². The highest BCUT2D eigenvalue weighted by molar-refractivity contribution is 5.90. The Hall–Kier alpha value is -3.04. The number of anilines is 1. The van der Waals surface area contributed by atoms with Crippen LogP contribution in [0.2, 0.25) is 0 Å². The first-order valence-corrected chi connectivity index (χ1v) is 8.76. The van der Waals surface area contributed by atoms with E-state index >= 15 is 0 Å². The molecule has 7 nitrogen and oxygen atoms in total. The van der Waals surface area contributed by atoms with E-state index in [0.717, 1.165) is 12.1 Å². The number of amides is 3. The minimum absolute atomic E-state index is 0.0483. The molecule has 1 aromatic carbocycles. The van der Waals surface area contributed by atoms with Crippen molar-refractivity contribution in [2.24, 2.45) is 5.73 Å². The van der Waals surface area contributed by atoms with E-state index in [0.29, 0.717) is 30.0 Å². The third-order valence-corrected chi connectivity index (χ3v) is 4.18. The van der Waals surface area contributed by atoms with E-state index in [9.17, 15) is 22.8 Å². The molecule has 1 aromatic heterocycles. The molecule has 1 heterocycles. The van der Waals surface area contributed by atoms with Crippen LogP contribution in [0.15, 0.2) is 30.5 Å². The van der Waals surface area contributed by atoms with Crippen molar-refractivity contribution in [3.05, 3.63) is 41.7 Å². The van der Waals surface area contributed by atoms with Crippen molar-refractivity contribution < 1.29 is 22.8 Å². The van der Waals surface area contributed by atoms with E-state index < -0.39 is 23.7 Å². The minimum atomic E-state index is -4.41. The number of hydrogen-bond donors (Lipinski definition) is 2. The number of urea groups is 1. The summed E-state index contributed by atoms with van der Waals surface area (Å²) in [4.78, 5) is 24.8. The zero-order valence-electron chi connectivity index (χ0n) is 15.6. The van der Waals surface area contributed by atoms with E-state index in [-0.39, 0.29) is 13.0 Å². The fourth-order valence-electron chi connectivity index (χ4n) is 2.68. The molecule has 0 unspecified atom stereocenters. The molecule has 0 fully saturated rings. The first-order valence-electron chi connectivity index (χ1n) is 8.76. The zero-order chi connectivity index (χ0) is 20.9. The van der Waals surface area contributed by atoms with Crippen molar-refractivity contribution >= 4 is 17.6 Å². The van der Waals surface area contributed by atoms with Crippen LogP contribution >= 0.6 is 0 Å². The molecule has 0 saturated carbocycles. The van der Waals surface area contributed by atoms with Gasteiger partial charge in [-0.15, -0.1) is 0 Å². The number of aromatic nitrogens is 2. The van der Waals surface area contributed by atoms with Gasteiger partial charge in [0.15, 0.2) is 0 Å². The molecule has 0 bridgehead atoms.